The number of fused-ring (bicyclic) bond motifs is 1. The smallest absolute Gasteiger partial charge is 0.371 e. The van der Waals surface area contributed by atoms with Gasteiger partial charge in [-0.2, -0.15) is 13.6 Å². The molecular weight excluding hydrogens is 456 g/mol. The number of hydrogen-bond donors (Lipinski definition) is 1. The summed E-state index contributed by atoms with van der Waals surface area (Å²) in [6.45, 7) is 5.66. The summed E-state index contributed by atoms with van der Waals surface area (Å²) in [4.78, 5) is 2.55. The summed E-state index contributed by atoms with van der Waals surface area (Å²) in [6, 6.07) is 23.1. The van der Waals surface area contributed by atoms with Crippen LogP contribution < -0.4 is 9.32 Å². The van der Waals surface area contributed by atoms with E-state index in [1.54, 1.807) is 12.1 Å². The quantitative estimate of drug-likeness (QED) is 0.501. The number of nitrogens with two attached hydrogens (primary N) is 1. The predicted octanol–water partition coefficient (Wildman–Crippen LogP) is 5.12. The van der Waals surface area contributed by atoms with Crippen LogP contribution in [-0.4, -0.2) is 33.0 Å². The van der Waals surface area contributed by atoms with E-state index in [2.05, 4.69) is 60.4 Å². The van der Waals surface area contributed by atoms with Crippen LogP contribution in [0.25, 0.3) is 11.1 Å². The minimum Gasteiger partial charge on any atom is -0.371 e. The molecule has 0 unspecified atom stereocenters. The van der Waals surface area contributed by atoms with Crippen LogP contribution >= 0.6 is 0 Å². The van der Waals surface area contributed by atoms with Crippen molar-refractivity contribution in [2.45, 2.75) is 39.0 Å². The standard InChI is InChI=1S/C29H32N2O3S/c1-21-4-8-23(9-5-21)27-14-12-25-20-26(34-35(30,32)33)13-15-28(25)29(27)24-10-6-22(7-11-24)16-19-31-17-2-3-18-31/h4-11,13,15,20H,2-3,12,14,16-19H2,1H3,(H2,30,32,33). The van der Waals surface area contributed by atoms with Crippen molar-refractivity contribution in [3.63, 3.8) is 0 Å². The molecule has 1 aliphatic heterocycles. The summed E-state index contributed by atoms with van der Waals surface area (Å²) in [5.74, 6) is 0.252. The van der Waals surface area contributed by atoms with E-state index in [1.807, 2.05) is 6.07 Å². The molecule has 3 aromatic rings. The fraction of sp³-hybridized carbons (Fsp3) is 0.310. The Bertz CT molecular complexity index is 1340. The first-order valence-electron chi connectivity index (χ1n) is 12.3. The molecule has 0 saturated carbocycles. The highest BCUT2D eigenvalue weighted by Crippen LogP contribution is 2.42. The molecule has 0 aromatic heterocycles. The largest absolute Gasteiger partial charge is 0.380 e. The molecule has 35 heavy (non-hydrogen) atoms. The van der Waals surface area contributed by atoms with Gasteiger partial charge in [0.05, 0.1) is 0 Å². The highest BCUT2D eigenvalue weighted by Gasteiger charge is 2.23. The summed E-state index contributed by atoms with van der Waals surface area (Å²) in [5, 5.41) is 5.09. The molecule has 6 heteroatoms. The first kappa shape index (κ1) is 23.8. The van der Waals surface area contributed by atoms with Crippen LogP contribution in [0.15, 0.2) is 66.7 Å². The third-order valence-electron chi connectivity index (χ3n) is 7.06. The first-order valence-corrected chi connectivity index (χ1v) is 13.8. The van der Waals surface area contributed by atoms with Gasteiger partial charge >= 0.3 is 10.3 Å². The molecule has 5 nitrogen and oxygen atoms in total. The second kappa shape index (κ2) is 9.97. The van der Waals surface area contributed by atoms with Gasteiger partial charge in [0.25, 0.3) is 0 Å². The molecule has 1 aliphatic carbocycles. The van der Waals surface area contributed by atoms with E-state index in [1.165, 1.54) is 59.3 Å². The number of nitrogens with zero attached hydrogens (tertiary/aromatic N) is 1. The van der Waals surface area contributed by atoms with Crippen molar-refractivity contribution < 1.29 is 12.6 Å². The van der Waals surface area contributed by atoms with E-state index >= 15 is 0 Å². The zero-order valence-corrected chi connectivity index (χ0v) is 21.0. The van der Waals surface area contributed by atoms with E-state index in [0.29, 0.717) is 0 Å². The van der Waals surface area contributed by atoms with E-state index in [4.69, 9.17) is 9.32 Å². The van der Waals surface area contributed by atoms with Gasteiger partial charge in [-0.05, 0) is 103 Å². The van der Waals surface area contributed by atoms with E-state index in [-0.39, 0.29) is 5.75 Å². The van der Waals surface area contributed by atoms with Crippen molar-refractivity contribution in [1.29, 1.82) is 0 Å². The van der Waals surface area contributed by atoms with Gasteiger partial charge < -0.3 is 9.08 Å². The lowest BCUT2D eigenvalue weighted by atomic mass is 9.79. The van der Waals surface area contributed by atoms with Crippen LogP contribution in [0.4, 0.5) is 0 Å². The lowest BCUT2D eigenvalue weighted by Gasteiger charge is -2.25. The van der Waals surface area contributed by atoms with Gasteiger partial charge in [0.1, 0.15) is 5.75 Å². The molecule has 0 spiro atoms. The fourth-order valence-corrected chi connectivity index (χ4v) is 5.63. The fourth-order valence-electron chi connectivity index (χ4n) is 5.26. The topological polar surface area (TPSA) is 72.6 Å². The molecule has 0 atom stereocenters. The summed E-state index contributed by atoms with van der Waals surface area (Å²) in [7, 11) is -4.06. The molecular formula is C29H32N2O3S. The van der Waals surface area contributed by atoms with Gasteiger partial charge in [0, 0.05) is 6.54 Å². The van der Waals surface area contributed by atoms with Crippen molar-refractivity contribution in [3.8, 4) is 5.75 Å². The molecule has 0 radical (unpaired) electrons. The van der Waals surface area contributed by atoms with Crippen molar-refractivity contribution in [3.05, 3.63) is 100 Å². The Hall–Kier alpha value is -2.93. The summed E-state index contributed by atoms with van der Waals surface area (Å²) < 4.78 is 27.8. The maximum atomic E-state index is 11.4. The lowest BCUT2D eigenvalue weighted by molar-refractivity contribution is 0.343. The molecule has 182 valence electrons. The van der Waals surface area contributed by atoms with Crippen molar-refractivity contribution in [2.24, 2.45) is 5.14 Å². The molecule has 2 aliphatic rings. The van der Waals surface area contributed by atoms with Crippen LogP contribution in [0.3, 0.4) is 0 Å². The highest BCUT2D eigenvalue weighted by molar-refractivity contribution is 7.84. The average Bonchev–Trinajstić information content (AvgIpc) is 3.36. The molecule has 1 saturated heterocycles. The Morgan fingerprint density at radius 2 is 1.57 bits per heavy atom. The lowest BCUT2D eigenvalue weighted by Crippen LogP contribution is -2.21. The highest BCUT2D eigenvalue weighted by atomic mass is 32.2. The van der Waals surface area contributed by atoms with Gasteiger partial charge in [-0.3, -0.25) is 0 Å². The van der Waals surface area contributed by atoms with Crippen molar-refractivity contribution in [1.82, 2.24) is 4.90 Å². The van der Waals surface area contributed by atoms with E-state index in [0.717, 1.165) is 36.9 Å². The van der Waals surface area contributed by atoms with Gasteiger partial charge in [0.2, 0.25) is 0 Å². The second-order valence-electron chi connectivity index (χ2n) is 9.61. The van der Waals surface area contributed by atoms with Gasteiger partial charge in [-0.25, -0.2) is 0 Å². The minimum atomic E-state index is -4.06. The predicted molar refractivity (Wildman–Crippen MR) is 141 cm³/mol. The number of allylic oxidation sites excluding steroid dienone is 1. The van der Waals surface area contributed by atoms with Crippen LogP contribution in [-0.2, 0) is 23.1 Å². The van der Waals surface area contributed by atoms with Crippen molar-refractivity contribution in [2.75, 3.05) is 19.6 Å². The summed E-state index contributed by atoms with van der Waals surface area (Å²) >= 11 is 0. The normalized spacial score (nSPS) is 16.4. The number of rotatable bonds is 7. The van der Waals surface area contributed by atoms with E-state index < -0.39 is 10.3 Å². The number of hydrogen-bond acceptors (Lipinski definition) is 4. The number of benzene rings is 3. The molecule has 1 fully saturated rings. The zero-order chi connectivity index (χ0) is 24.4. The Morgan fingerprint density at radius 3 is 2.26 bits per heavy atom. The first-order chi connectivity index (χ1) is 16.9. The van der Waals surface area contributed by atoms with Crippen LogP contribution in [0.5, 0.6) is 5.75 Å². The SMILES string of the molecule is Cc1ccc(C2=C(c3ccc(CCN4CCCC4)cc3)c3ccc(OS(N)(=O)=O)cc3CC2)cc1. The molecule has 0 amide bonds. The Morgan fingerprint density at radius 1 is 0.886 bits per heavy atom. The monoisotopic (exact) mass is 488 g/mol. The van der Waals surface area contributed by atoms with Gasteiger partial charge in [-0.1, -0.05) is 60.2 Å². The van der Waals surface area contributed by atoms with E-state index in [9.17, 15) is 8.42 Å². The minimum absolute atomic E-state index is 0.252. The van der Waals surface area contributed by atoms with Crippen LogP contribution in [0.2, 0.25) is 0 Å². The summed E-state index contributed by atoms with van der Waals surface area (Å²) in [6.07, 6.45) is 5.37. The third kappa shape index (κ3) is 5.67. The second-order valence-corrected chi connectivity index (χ2v) is 10.8. The average molecular weight is 489 g/mol. The number of aryl methyl sites for hydroxylation is 2. The molecule has 1 heterocycles. The molecule has 5 rings (SSSR count). The van der Waals surface area contributed by atoms with Crippen LogP contribution in [0.1, 0.15) is 52.6 Å². The molecule has 3 aromatic carbocycles. The van der Waals surface area contributed by atoms with Crippen molar-refractivity contribution >= 4 is 21.5 Å². The zero-order valence-electron chi connectivity index (χ0n) is 20.2. The maximum absolute atomic E-state index is 11.4. The van der Waals surface area contributed by atoms with Crippen LogP contribution in [0, 0.1) is 6.92 Å². The number of likely N-dealkylation sites (tertiary alicyclic amines) is 1. The Balaban J connectivity index is 1.51. The Kier molecular flexibility index (Phi) is 6.78. The molecule has 0 bridgehead atoms. The summed E-state index contributed by atoms with van der Waals surface area (Å²) in [5.41, 5.74) is 9.66. The van der Waals surface area contributed by atoms with Gasteiger partial charge in [0.15, 0.2) is 0 Å². The maximum Gasteiger partial charge on any atom is 0.380 e. The Labute approximate surface area is 208 Å². The third-order valence-corrected chi connectivity index (χ3v) is 7.49. The molecule has 2 N–H and O–H groups in total. The van der Waals surface area contributed by atoms with Gasteiger partial charge in [-0.15, -0.1) is 0 Å².